The van der Waals surface area contributed by atoms with Gasteiger partial charge in [-0.15, -0.1) is 0 Å². The molecular weight excluding hydrogens is 239 g/mol. The van der Waals surface area contributed by atoms with Crippen LogP contribution in [0.1, 0.15) is 25.7 Å². The second-order valence-corrected chi connectivity index (χ2v) is 5.53. The predicted octanol–water partition coefficient (Wildman–Crippen LogP) is 0.416. The van der Waals surface area contributed by atoms with Gasteiger partial charge in [-0.3, -0.25) is 4.79 Å². The van der Waals surface area contributed by atoms with E-state index in [1.54, 1.807) is 0 Å². The van der Waals surface area contributed by atoms with Crippen LogP contribution in [0, 0.1) is 0 Å². The quantitative estimate of drug-likeness (QED) is 0.378. The van der Waals surface area contributed by atoms with Crippen molar-refractivity contribution in [1.82, 2.24) is 10.6 Å². The molecule has 17 heavy (non-hydrogen) atoms. The highest BCUT2D eigenvalue weighted by Crippen LogP contribution is 2.33. The van der Waals surface area contributed by atoms with Crippen LogP contribution in [0.4, 0.5) is 4.79 Å². The molecule has 0 spiro atoms. The van der Waals surface area contributed by atoms with Crippen molar-refractivity contribution in [3.8, 4) is 0 Å². The second kappa shape index (κ2) is 6.19. The van der Waals surface area contributed by atoms with Crippen molar-refractivity contribution in [2.75, 3.05) is 5.75 Å². The molecule has 2 rings (SSSR count). The van der Waals surface area contributed by atoms with Gasteiger partial charge in [0.25, 0.3) is 0 Å². The maximum absolute atomic E-state index is 11.1. The van der Waals surface area contributed by atoms with Crippen molar-refractivity contribution in [2.24, 2.45) is 0 Å². The minimum Gasteiger partial charge on any atom is -0.481 e. The van der Waals surface area contributed by atoms with Gasteiger partial charge in [-0.2, -0.15) is 11.8 Å². The summed E-state index contributed by atoms with van der Waals surface area (Å²) in [6, 6.07) is 0.440. The number of carboxylic acids is 1. The van der Waals surface area contributed by atoms with E-state index in [0.717, 1.165) is 25.0 Å². The maximum atomic E-state index is 11.1. The highest BCUT2D eigenvalue weighted by atomic mass is 32.2. The van der Waals surface area contributed by atoms with E-state index < -0.39 is 5.97 Å². The molecule has 7 heteroatoms. The number of unbranched alkanes of at least 4 members (excludes halogenated alkanes) is 1. The number of hydrogen-bond acceptors (Lipinski definition) is 3. The highest BCUT2D eigenvalue weighted by molar-refractivity contribution is 8.00. The van der Waals surface area contributed by atoms with E-state index in [0.29, 0.717) is 5.25 Å². The number of fused-ring (bicyclic) bond motifs is 1. The van der Waals surface area contributed by atoms with Gasteiger partial charge in [0.15, 0.2) is 0 Å². The fourth-order valence-electron chi connectivity index (χ4n) is 2.26. The van der Waals surface area contributed by atoms with E-state index in [4.69, 9.17) is 5.11 Å². The SMILES string of the molecule is O=C(O)CCCC[C@@H]1SC[C@@H]2NC(=O)N[C@@H]21.[B]. The molecular formula is C10H16BN2O3S. The molecule has 3 N–H and O–H groups in total. The third-order valence-corrected chi connectivity index (χ3v) is 4.58. The van der Waals surface area contributed by atoms with E-state index >= 15 is 0 Å². The molecule has 5 nitrogen and oxygen atoms in total. The van der Waals surface area contributed by atoms with Crippen molar-refractivity contribution in [2.45, 2.75) is 43.0 Å². The Labute approximate surface area is 107 Å². The first-order chi connectivity index (χ1) is 7.66. The lowest BCUT2D eigenvalue weighted by atomic mass is 10.0. The number of thioether (sulfide) groups is 1. The lowest BCUT2D eigenvalue weighted by molar-refractivity contribution is -0.137. The number of hydrogen-bond donors (Lipinski definition) is 3. The molecule has 93 valence electrons. The highest BCUT2D eigenvalue weighted by Gasteiger charge is 2.42. The predicted molar refractivity (Wildman–Crippen MR) is 67.3 cm³/mol. The molecule has 0 aromatic carbocycles. The van der Waals surface area contributed by atoms with Gasteiger partial charge in [0, 0.05) is 25.8 Å². The number of aliphatic carboxylic acids is 1. The summed E-state index contributed by atoms with van der Waals surface area (Å²) in [6.45, 7) is 0. The van der Waals surface area contributed by atoms with E-state index in [2.05, 4.69) is 10.6 Å². The molecule has 0 aromatic rings. The van der Waals surface area contributed by atoms with E-state index in [9.17, 15) is 9.59 Å². The van der Waals surface area contributed by atoms with Crippen LogP contribution >= 0.6 is 11.8 Å². The second-order valence-electron chi connectivity index (χ2n) is 4.26. The summed E-state index contributed by atoms with van der Waals surface area (Å²) in [5.41, 5.74) is 0. The molecule has 0 saturated carbocycles. The van der Waals surface area contributed by atoms with Gasteiger partial charge in [-0.1, -0.05) is 6.42 Å². The minimum atomic E-state index is -0.729. The molecule has 0 aliphatic carbocycles. The Bertz CT molecular complexity index is 303. The first kappa shape index (κ1) is 14.2. The molecule has 2 saturated heterocycles. The van der Waals surface area contributed by atoms with Crippen LogP contribution in [0.2, 0.25) is 0 Å². The van der Waals surface area contributed by atoms with Crippen molar-refractivity contribution in [1.29, 1.82) is 0 Å². The summed E-state index contributed by atoms with van der Waals surface area (Å²) in [5.74, 6) is 0.236. The Morgan fingerprint density at radius 3 is 2.88 bits per heavy atom. The third kappa shape index (κ3) is 3.56. The summed E-state index contributed by atoms with van der Waals surface area (Å²) < 4.78 is 0. The summed E-state index contributed by atoms with van der Waals surface area (Å²) in [6.07, 6.45) is 2.88. The number of carbonyl (C=O) groups is 2. The average molecular weight is 255 g/mol. The lowest BCUT2D eigenvalue weighted by Gasteiger charge is -2.16. The van der Waals surface area contributed by atoms with Crippen LogP contribution < -0.4 is 10.6 Å². The summed E-state index contributed by atoms with van der Waals surface area (Å²) in [4.78, 5) is 21.5. The van der Waals surface area contributed by atoms with Crippen LogP contribution in [-0.2, 0) is 4.79 Å². The summed E-state index contributed by atoms with van der Waals surface area (Å²) in [5, 5.41) is 14.8. The van der Waals surface area contributed by atoms with Gasteiger partial charge in [-0.05, 0) is 12.8 Å². The number of urea groups is 1. The molecule has 0 unspecified atom stereocenters. The standard InChI is InChI=1S/C10H16N2O3S.B/c13-8(14)4-2-1-3-7-9-6(5-16-7)11-10(15)12-9;/h6-7,9H,1-5H2,(H,13,14)(H2,11,12,15);/t6-,7-,9-;/m0./s1. The van der Waals surface area contributed by atoms with Gasteiger partial charge in [0.1, 0.15) is 0 Å². The van der Waals surface area contributed by atoms with Crippen LogP contribution in [-0.4, -0.2) is 48.6 Å². The zero-order valence-electron chi connectivity index (χ0n) is 9.52. The Morgan fingerprint density at radius 2 is 2.18 bits per heavy atom. The van der Waals surface area contributed by atoms with E-state index in [1.807, 2.05) is 11.8 Å². The van der Waals surface area contributed by atoms with Crippen molar-refractivity contribution in [3.05, 3.63) is 0 Å². The first-order valence-corrected chi connectivity index (χ1v) is 6.62. The zero-order chi connectivity index (χ0) is 11.5. The number of carboxylic acid groups (broad SMARTS) is 1. The molecule has 3 radical (unpaired) electrons. The van der Waals surface area contributed by atoms with Gasteiger partial charge in [0.05, 0.1) is 12.1 Å². The molecule has 2 fully saturated rings. The minimum absolute atomic E-state index is 0. The van der Waals surface area contributed by atoms with Crippen molar-refractivity contribution in [3.63, 3.8) is 0 Å². The Balaban J connectivity index is 0.00000144. The van der Waals surface area contributed by atoms with Gasteiger partial charge in [-0.25, -0.2) is 4.79 Å². The largest absolute Gasteiger partial charge is 0.481 e. The Morgan fingerprint density at radius 1 is 1.41 bits per heavy atom. The summed E-state index contributed by atoms with van der Waals surface area (Å²) in [7, 11) is 0. The zero-order valence-corrected chi connectivity index (χ0v) is 10.3. The molecule has 2 heterocycles. The Kier molecular flexibility index (Phi) is 5.17. The van der Waals surface area contributed by atoms with Gasteiger partial charge in [0.2, 0.25) is 0 Å². The van der Waals surface area contributed by atoms with Crippen LogP contribution in [0.15, 0.2) is 0 Å². The molecule has 2 amide bonds. The molecule has 0 bridgehead atoms. The van der Waals surface area contributed by atoms with Gasteiger partial charge >= 0.3 is 12.0 Å². The number of nitrogens with one attached hydrogen (secondary N) is 2. The average Bonchev–Trinajstić information content (AvgIpc) is 2.72. The summed E-state index contributed by atoms with van der Waals surface area (Å²) >= 11 is 1.87. The number of amides is 2. The molecule has 3 atom stereocenters. The molecule has 2 aliphatic rings. The normalized spacial score (nSPS) is 30.1. The maximum Gasteiger partial charge on any atom is 0.315 e. The topological polar surface area (TPSA) is 78.4 Å². The number of rotatable bonds is 5. The van der Waals surface area contributed by atoms with Crippen LogP contribution in [0.5, 0.6) is 0 Å². The molecule has 2 aliphatic heterocycles. The van der Waals surface area contributed by atoms with Crippen molar-refractivity contribution < 1.29 is 14.7 Å². The number of carbonyl (C=O) groups excluding carboxylic acids is 1. The first-order valence-electron chi connectivity index (χ1n) is 5.57. The monoisotopic (exact) mass is 255 g/mol. The van der Waals surface area contributed by atoms with E-state index in [1.165, 1.54) is 0 Å². The fourth-order valence-corrected chi connectivity index (χ4v) is 3.81. The third-order valence-electron chi connectivity index (χ3n) is 3.07. The smallest absolute Gasteiger partial charge is 0.315 e. The van der Waals surface area contributed by atoms with Gasteiger partial charge < -0.3 is 15.7 Å². The van der Waals surface area contributed by atoms with Crippen LogP contribution in [0.25, 0.3) is 0 Å². The Hall–Kier alpha value is -0.845. The van der Waals surface area contributed by atoms with Crippen molar-refractivity contribution >= 4 is 32.2 Å². The molecule has 0 aromatic heterocycles. The fraction of sp³-hybridized carbons (Fsp3) is 0.800. The van der Waals surface area contributed by atoms with Crippen LogP contribution in [0.3, 0.4) is 0 Å². The van der Waals surface area contributed by atoms with E-state index in [-0.39, 0.29) is 32.9 Å². The lowest BCUT2D eigenvalue weighted by Crippen LogP contribution is -2.36.